The summed E-state index contributed by atoms with van der Waals surface area (Å²) < 4.78 is 5.25. The topological polar surface area (TPSA) is 83.7 Å². The molecule has 0 radical (unpaired) electrons. The quantitative estimate of drug-likeness (QED) is 0.640. The molecule has 1 aromatic heterocycles. The minimum Gasteiger partial charge on any atom is -0.460 e. The first-order valence-electron chi connectivity index (χ1n) is 6.57. The summed E-state index contributed by atoms with van der Waals surface area (Å²) in [7, 11) is 0. The molecular weight excluding hydrogens is 341 g/mol. The summed E-state index contributed by atoms with van der Waals surface area (Å²) in [5.41, 5.74) is 2.51. The number of hydrazone groups is 1. The van der Waals surface area contributed by atoms with Gasteiger partial charge in [0.1, 0.15) is 11.5 Å². The molecule has 0 bridgehead atoms. The molecule has 23 heavy (non-hydrogen) atoms. The zero-order chi connectivity index (χ0) is 16.8. The molecular formula is C15H13Cl2N3O3. The molecule has 0 saturated carbocycles. The smallest absolute Gasteiger partial charge is 0.259 e. The fourth-order valence-electron chi connectivity index (χ4n) is 1.66. The second-order valence-corrected chi connectivity index (χ2v) is 5.39. The standard InChI is InChI=1S/C15H13Cl2N3O3/c1-9-2-4-11(23-9)7-19-20-14(21)8-18-15(22)12-5-3-10(16)6-13(12)17/h2-7H,8H2,1H3,(H,18,22)(H,20,21)/b19-7+. The molecule has 2 rings (SSSR count). The van der Waals surface area contributed by atoms with Crippen LogP contribution in [0.1, 0.15) is 21.9 Å². The van der Waals surface area contributed by atoms with Crippen molar-refractivity contribution in [1.82, 2.24) is 10.7 Å². The molecule has 0 fully saturated rings. The maximum Gasteiger partial charge on any atom is 0.259 e. The SMILES string of the molecule is Cc1ccc(/C=N/NC(=O)CNC(=O)c2ccc(Cl)cc2Cl)o1. The lowest BCUT2D eigenvalue weighted by Gasteiger charge is -2.06. The van der Waals surface area contributed by atoms with Crippen molar-refractivity contribution in [2.75, 3.05) is 6.54 Å². The highest BCUT2D eigenvalue weighted by Gasteiger charge is 2.11. The molecule has 6 nitrogen and oxygen atoms in total. The number of nitrogens with one attached hydrogen (secondary N) is 2. The van der Waals surface area contributed by atoms with Crippen LogP contribution in [-0.2, 0) is 4.79 Å². The van der Waals surface area contributed by atoms with Crippen LogP contribution in [0.15, 0.2) is 39.9 Å². The summed E-state index contributed by atoms with van der Waals surface area (Å²) in [6.07, 6.45) is 1.36. The van der Waals surface area contributed by atoms with Gasteiger partial charge in [-0.15, -0.1) is 0 Å². The molecule has 120 valence electrons. The normalized spacial score (nSPS) is 10.7. The first-order valence-corrected chi connectivity index (χ1v) is 7.33. The average Bonchev–Trinajstić information content (AvgIpc) is 2.90. The molecule has 1 heterocycles. The Morgan fingerprint density at radius 2 is 2.04 bits per heavy atom. The Kier molecular flexibility index (Phi) is 5.78. The van der Waals surface area contributed by atoms with Crippen LogP contribution in [0.25, 0.3) is 0 Å². The van der Waals surface area contributed by atoms with Crippen molar-refractivity contribution in [3.05, 3.63) is 57.5 Å². The van der Waals surface area contributed by atoms with E-state index >= 15 is 0 Å². The van der Waals surface area contributed by atoms with Crippen molar-refractivity contribution >= 4 is 41.2 Å². The van der Waals surface area contributed by atoms with E-state index in [0.717, 1.165) is 5.76 Å². The fourth-order valence-corrected chi connectivity index (χ4v) is 2.15. The minimum atomic E-state index is -0.483. The third-order valence-electron chi connectivity index (χ3n) is 2.73. The molecule has 1 aromatic carbocycles. The van der Waals surface area contributed by atoms with E-state index in [0.29, 0.717) is 10.8 Å². The van der Waals surface area contributed by atoms with Crippen LogP contribution in [0.2, 0.25) is 10.0 Å². The number of nitrogens with zero attached hydrogens (tertiary/aromatic N) is 1. The van der Waals surface area contributed by atoms with E-state index < -0.39 is 11.8 Å². The number of benzene rings is 1. The van der Waals surface area contributed by atoms with Gasteiger partial charge in [0.2, 0.25) is 0 Å². The van der Waals surface area contributed by atoms with E-state index in [1.807, 2.05) is 0 Å². The van der Waals surface area contributed by atoms with Gasteiger partial charge in [0.05, 0.1) is 23.3 Å². The number of aryl methyl sites for hydroxylation is 1. The number of halogens is 2. The lowest BCUT2D eigenvalue weighted by molar-refractivity contribution is -0.120. The molecule has 0 aliphatic rings. The number of carbonyl (C=O) groups is 2. The van der Waals surface area contributed by atoms with Crippen LogP contribution >= 0.6 is 23.2 Å². The molecule has 0 atom stereocenters. The van der Waals surface area contributed by atoms with Crippen molar-refractivity contribution in [3.63, 3.8) is 0 Å². The molecule has 0 aliphatic carbocycles. The highest BCUT2D eigenvalue weighted by molar-refractivity contribution is 6.36. The van der Waals surface area contributed by atoms with Crippen molar-refractivity contribution in [3.8, 4) is 0 Å². The van der Waals surface area contributed by atoms with E-state index in [9.17, 15) is 9.59 Å². The summed E-state index contributed by atoms with van der Waals surface area (Å²) >= 11 is 11.7. The van der Waals surface area contributed by atoms with Gasteiger partial charge in [-0.1, -0.05) is 23.2 Å². The summed E-state index contributed by atoms with van der Waals surface area (Å²) in [6, 6.07) is 7.97. The Morgan fingerprint density at radius 1 is 1.26 bits per heavy atom. The summed E-state index contributed by atoms with van der Waals surface area (Å²) in [6.45, 7) is 1.56. The Bertz CT molecular complexity index is 756. The van der Waals surface area contributed by atoms with Gasteiger partial charge in [-0.25, -0.2) is 5.43 Å². The highest BCUT2D eigenvalue weighted by Crippen LogP contribution is 2.20. The third kappa shape index (κ3) is 5.12. The van der Waals surface area contributed by atoms with Gasteiger partial charge in [0, 0.05) is 5.02 Å². The molecule has 2 aromatic rings. The largest absolute Gasteiger partial charge is 0.460 e. The molecule has 0 saturated heterocycles. The van der Waals surface area contributed by atoms with Crippen molar-refractivity contribution in [1.29, 1.82) is 0 Å². The molecule has 8 heteroatoms. The highest BCUT2D eigenvalue weighted by atomic mass is 35.5. The van der Waals surface area contributed by atoms with E-state index in [1.165, 1.54) is 24.4 Å². The van der Waals surface area contributed by atoms with Gasteiger partial charge in [-0.2, -0.15) is 5.10 Å². The Hall–Kier alpha value is -2.31. The maximum atomic E-state index is 11.9. The van der Waals surface area contributed by atoms with Crippen LogP contribution in [0.5, 0.6) is 0 Å². The van der Waals surface area contributed by atoms with Gasteiger partial charge in [0.25, 0.3) is 11.8 Å². The van der Waals surface area contributed by atoms with Crippen LogP contribution < -0.4 is 10.7 Å². The molecule has 0 spiro atoms. The maximum absolute atomic E-state index is 11.9. The lowest BCUT2D eigenvalue weighted by atomic mass is 10.2. The number of rotatable bonds is 5. The van der Waals surface area contributed by atoms with Crippen LogP contribution in [0, 0.1) is 6.92 Å². The van der Waals surface area contributed by atoms with Gasteiger partial charge >= 0.3 is 0 Å². The van der Waals surface area contributed by atoms with Gasteiger partial charge in [-0.05, 0) is 37.3 Å². The number of hydrogen-bond acceptors (Lipinski definition) is 4. The van der Waals surface area contributed by atoms with Crippen molar-refractivity contribution in [2.24, 2.45) is 5.10 Å². The van der Waals surface area contributed by atoms with Gasteiger partial charge in [0.15, 0.2) is 0 Å². The molecule has 2 N–H and O–H groups in total. The second-order valence-electron chi connectivity index (χ2n) is 4.55. The summed E-state index contributed by atoms with van der Waals surface area (Å²) in [5.74, 6) is 0.292. The third-order valence-corrected chi connectivity index (χ3v) is 3.28. The van der Waals surface area contributed by atoms with Gasteiger partial charge < -0.3 is 9.73 Å². The van der Waals surface area contributed by atoms with Crippen molar-refractivity contribution in [2.45, 2.75) is 6.92 Å². The van der Waals surface area contributed by atoms with Crippen LogP contribution in [0.3, 0.4) is 0 Å². The number of furan rings is 1. The van der Waals surface area contributed by atoms with Gasteiger partial charge in [-0.3, -0.25) is 9.59 Å². The first-order chi connectivity index (χ1) is 11.0. The lowest BCUT2D eigenvalue weighted by Crippen LogP contribution is -2.35. The molecule has 0 unspecified atom stereocenters. The fraction of sp³-hybridized carbons (Fsp3) is 0.133. The minimum absolute atomic E-state index is 0.210. The van der Waals surface area contributed by atoms with E-state index in [2.05, 4.69) is 15.8 Å². The van der Waals surface area contributed by atoms with E-state index in [1.54, 1.807) is 19.1 Å². The Balaban J connectivity index is 1.82. The predicted octanol–water partition coefficient (Wildman–Crippen LogP) is 2.77. The monoisotopic (exact) mass is 353 g/mol. The molecule has 2 amide bonds. The van der Waals surface area contributed by atoms with Crippen molar-refractivity contribution < 1.29 is 14.0 Å². The first kappa shape index (κ1) is 17.1. The van der Waals surface area contributed by atoms with E-state index in [4.69, 9.17) is 27.6 Å². The number of amides is 2. The zero-order valence-corrected chi connectivity index (χ0v) is 13.6. The second kappa shape index (κ2) is 7.80. The summed E-state index contributed by atoms with van der Waals surface area (Å²) in [5, 5.41) is 6.79. The Morgan fingerprint density at radius 3 is 2.70 bits per heavy atom. The van der Waals surface area contributed by atoms with Crippen LogP contribution in [-0.4, -0.2) is 24.6 Å². The number of carbonyl (C=O) groups excluding carboxylic acids is 2. The summed E-state index contributed by atoms with van der Waals surface area (Å²) in [4.78, 5) is 23.5. The number of hydrogen-bond donors (Lipinski definition) is 2. The Labute approximate surface area is 142 Å². The van der Waals surface area contributed by atoms with E-state index in [-0.39, 0.29) is 17.1 Å². The average molecular weight is 354 g/mol. The van der Waals surface area contributed by atoms with Crippen LogP contribution in [0.4, 0.5) is 0 Å². The predicted molar refractivity (Wildman–Crippen MR) is 88.0 cm³/mol. The molecule has 0 aliphatic heterocycles. The zero-order valence-electron chi connectivity index (χ0n) is 12.1.